The molecule has 2 unspecified atom stereocenters. The molecular formula is C15H19N3O. The Morgan fingerprint density at radius 2 is 2.26 bits per heavy atom. The molecule has 19 heavy (non-hydrogen) atoms. The van der Waals surface area contributed by atoms with Crippen molar-refractivity contribution in [1.82, 2.24) is 4.98 Å². The zero-order chi connectivity index (χ0) is 13.2. The maximum absolute atomic E-state index is 6.24. The van der Waals surface area contributed by atoms with Crippen molar-refractivity contribution in [3.63, 3.8) is 0 Å². The largest absolute Gasteiger partial charge is 0.397 e. The summed E-state index contributed by atoms with van der Waals surface area (Å²) >= 11 is 0. The van der Waals surface area contributed by atoms with E-state index in [-0.39, 0.29) is 0 Å². The predicted molar refractivity (Wildman–Crippen MR) is 78.2 cm³/mol. The number of rotatable bonds is 2. The van der Waals surface area contributed by atoms with Crippen LogP contribution in [0, 0.1) is 0 Å². The van der Waals surface area contributed by atoms with Gasteiger partial charge < -0.3 is 15.8 Å². The highest BCUT2D eigenvalue weighted by molar-refractivity contribution is 5.96. The van der Waals surface area contributed by atoms with Crippen LogP contribution in [0.25, 0.3) is 10.9 Å². The van der Waals surface area contributed by atoms with E-state index in [1.165, 1.54) is 0 Å². The van der Waals surface area contributed by atoms with E-state index in [1.807, 2.05) is 24.3 Å². The molecule has 4 heteroatoms. The van der Waals surface area contributed by atoms with Crippen molar-refractivity contribution >= 4 is 22.3 Å². The number of nitrogens with one attached hydrogen (secondary N) is 1. The normalized spacial score (nSPS) is 23.4. The molecule has 1 aliphatic rings. The second kappa shape index (κ2) is 5.05. The average molecular weight is 257 g/mol. The number of fused-ring (bicyclic) bond motifs is 1. The predicted octanol–water partition coefficient (Wildman–Crippen LogP) is 2.80. The molecule has 2 atom stereocenters. The number of hydrogen-bond acceptors (Lipinski definition) is 4. The molecular weight excluding hydrogens is 238 g/mol. The van der Waals surface area contributed by atoms with Crippen molar-refractivity contribution in [2.45, 2.75) is 31.9 Å². The van der Waals surface area contributed by atoms with Gasteiger partial charge in [0.2, 0.25) is 0 Å². The standard InChI is InChI=1S/C15H19N3O/c1-10-9-11(6-8-19-10)18-14-5-4-13-12(15(14)16)3-2-7-17-13/h2-5,7,10-11,18H,6,8-9,16H2,1H3. The number of pyridine rings is 1. The first-order valence-corrected chi connectivity index (χ1v) is 6.75. The summed E-state index contributed by atoms with van der Waals surface area (Å²) in [5.41, 5.74) is 8.95. The number of nitrogen functional groups attached to an aromatic ring is 1. The zero-order valence-corrected chi connectivity index (χ0v) is 11.1. The molecule has 0 radical (unpaired) electrons. The Kier molecular flexibility index (Phi) is 3.25. The number of nitrogens with zero attached hydrogens (tertiary/aromatic N) is 1. The Hall–Kier alpha value is -1.81. The van der Waals surface area contributed by atoms with Crippen molar-refractivity contribution < 1.29 is 4.74 Å². The monoisotopic (exact) mass is 257 g/mol. The van der Waals surface area contributed by atoms with E-state index < -0.39 is 0 Å². The maximum Gasteiger partial charge on any atom is 0.0724 e. The van der Waals surface area contributed by atoms with E-state index in [0.717, 1.165) is 41.7 Å². The van der Waals surface area contributed by atoms with Crippen LogP contribution in [0.5, 0.6) is 0 Å². The van der Waals surface area contributed by atoms with E-state index in [9.17, 15) is 0 Å². The molecule has 1 aliphatic heterocycles. The quantitative estimate of drug-likeness (QED) is 0.812. The lowest BCUT2D eigenvalue weighted by atomic mass is 10.0. The summed E-state index contributed by atoms with van der Waals surface area (Å²) in [4.78, 5) is 4.31. The second-order valence-electron chi connectivity index (χ2n) is 5.14. The third-order valence-electron chi connectivity index (χ3n) is 3.67. The Morgan fingerprint density at radius 1 is 1.37 bits per heavy atom. The molecule has 4 nitrogen and oxygen atoms in total. The van der Waals surface area contributed by atoms with Crippen LogP contribution in [0.4, 0.5) is 11.4 Å². The van der Waals surface area contributed by atoms with Gasteiger partial charge >= 0.3 is 0 Å². The number of aromatic nitrogens is 1. The van der Waals surface area contributed by atoms with Gasteiger partial charge in [0, 0.05) is 24.2 Å². The number of benzene rings is 1. The van der Waals surface area contributed by atoms with Gasteiger partial charge in [-0.2, -0.15) is 0 Å². The van der Waals surface area contributed by atoms with Crippen LogP contribution in [0.3, 0.4) is 0 Å². The molecule has 0 bridgehead atoms. The Morgan fingerprint density at radius 3 is 3.11 bits per heavy atom. The van der Waals surface area contributed by atoms with Gasteiger partial charge in [-0.1, -0.05) is 0 Å². The van der Waals surface area contributed by atoms with Crippen LogP contribution in [0.1, 0.15) is 19.8 Å². The first-order valence-electron chi connectivity index (χ1n) is 6.75. The summed E-state index contributed by atoms with van der Waals surface area (Å²) < 4.78 is 5.56. The zero-order valence-electron chi connectivity index (χ0n) is 11.1. The van der Waals surface area contributed by atoms with Gasteiger partial charge in [-0.15, -0.1) is 0 Å². The lowest BCUT2D eigenvalue weighted by Crippen LogP contribution is -2.32. The molecule has 100 valence electrons. The fourth-order valence-electron chi connectivity index (χ4n) is 2.65. The second-order valence-corrected chi connectivity index (χ2v) is 5.14. The highest BCUT2D eigenvalue weighted by Crippen LogP contribution is 2.29. The first kappa shape index (κ1) is 12.2. The minimum absolute atomic E-state index is 0.314. The summed E-state index contributed by atoms with van der Waals surface area (Å²) in [6.07, 6.45) is 4.14. The number of anilines is 2. The highest BCUT2D eigenvalue weighted by atomic mass is 16.5. The molecule has 1 aromatic carbocycles. The van der Waals surface area contributed by atoms with E-state index >= 15 is 0 Å². The molecule has 0 saturated carbocycles. The molecule has 3 N–H and O–H groups in total. The topological polar surface area (TPSA) is 60.2 Å². The third kappa shape index (κ3) is 2.49. The molecule has 2 aromatic rings. The van der Waals surface area contributed by atoms with Gasteiger partial charge in [0.15, 0.2) is 0 Å². The average Bonchev–Trinajstić information content (AvgIpc) is 2.42. The minimum Gasteiger partial charge on any atom is -0.397 e. The molecule has 0 spiro atoms. The van der Waals surface area contributed by atoms with Crippen molar-refractivity contribution in [3.8, 4) is 0 Å². The van der Waals surface area contributed by atoms with Crippen molar-refractivity contribution in [2.24, 2.45) is 0 Å². The Balaban J connectivity index is 1.86. The summed E-state index contributed by atoms with van der Waals surface area (Å²) in [5.74, 6) is 0. The first-order chi connectivity index (χ1) is 9.24. The number of hydrogen-bond donors (Lipinski definition) is 2. The lowest BCUT2D eigenvalue weighted by Gasteiger charge is -2.29. The summed E-state index contributed by atoms with van der Waals surface area (Å²) in [6.45, 7) is 2.93. The summed E-state index contributed by atoms with van der Waals surface area (Å²) in [5, 5.41) is 4.55. The maximum atomic E-state index is 6.24. The van der Waals surface area contributed by atoms with E-state index in [1.54, 1.807) is 6.20 Å². The van der Waals surface area contributed by atoms with Gasteiger partial charge in [0.1, 0.15) is 0 Å². The third-order valence-corrected chi connectivity index (χ3v) is 3.67. The van der Waals surface area contributed by atoms with Crippen LogP contribution in [0.15, 0.2) is 30.5 Å². The van der Waals surface area contributed by atoms with Crippen molar-refractivity contribution in [1.29, 1.82) is 0 Å². The highest BCUT2D eigenvalue weighted by Gasteiger charge is 2.19. The van der Waals surface area contributed by atoms with Crippen molar-refractivity contribution in [3.05, 3.63) is 30.5 Å². The SMILES string of the molecule is CC1CC(Nc2ccc3ncccc3c2N)CCO1. The smallest absolute Gasteiger partial charge is 0.0724 e. The van der Waals surface area contributed by atoms with Gasteiger partial charge in [0.05, 0.1) is 23.0 Å². The Bertz CT molecular complexity index is 585. The van der Waals surface area contributed by atoms with Gasteiger partial charge in [-0.05, 0) is 44.0 Å². The number of nitrogens with two attached hydrogens (primary N) is 1. The fraction of sp³-hybridized carbons (Fsp3) is 0.400. The molecule has 0 aliphatic carbocycles. The van der Waals surface area contributed by atoms with Gasteiger partial charge in [-0.25, -0.2) is 0 Å². The van der Waals surface area contributed by atoms with Gasteiger partial charge in [-0.3, -0.25) is 4.98 Å². The van der Waals surface area contributed by atoms with E-state index in [4.69, 9.17) is 10.5 Å². The lowest BCUT2D eigenvalue weighted by molar-refractivity contribution is 0.0232. The summed E-state index contributed by atoms with van der Waals surface area (Å²) in [7, 11) is 0. The van der Waals surface area contributed by atoms with Crippen molar-refractivity contribution in [2.75, 3.05) is 17.7 Å². The molecule has 1 fully saturated rings. The Labute approximate surface area is 113 Å². The van der Waals surface area contributed by atoms with Crippen LogP contribution in [-0.2, 0) is 4.74 Å². The van der Waals surface area contributed by atoms with E-state index in [0.29, 0.717) is 12.1 Å². The van der Waals surface area contributed by atoms with Crippen LogP contribution >= 0.6 is 0 Å². The van der Waals surface area contributed by atoms with Crippen LogP contribution < -0.4 is 11.1 Å². The minimum atomic E-state index is 0.314. The van der Waals surface area contributed by atoms with Gasteiger partial charge in [0.25, 0.3) is 0 Å². The molecule has 0 amide bonds. The number of ether oxygens (including phenoxy) is 1. The summed E-state index contributed by atoms with van der Waals surface area (Å²) in [6, 6.07) is 8.39. The molecule has 1 saturated heterocycles. The van der Waals surface area contributed by atoms with Crippen LogP contribution in [0.2, 0.25) is 0 Å². The van der Waals surface area contributed by atoms with Crippen LogP contribution in [-0.4, -0.2) is 23.7 Å². The molecule has 1 aromatic heterocycles. The van der Waals surface area contributed by atoms with E-state index in [2.05, 4.69) is 17.2 Å². The molecule has 3 rings (SSSR count). The molecule has 2 heterocycles. The fourth-order valence-corrected chi connectivity index (χ4v) is 2.65.